The number of aryl methyl sites for hydroxylation is 1. The van der Waals surface area contributed by atoms with Gasteiger partial charge >= 0.3 is 0 Å². The average Bonchev–Trinajstić information content (AvgIpc) is 2.73. The van der Waals surface area contributed by atoms with Gasteiger partial charge in [-0.2, -0.15) is 0 Å². The highest BCUT2D eigenvalue weighted by atomic mass is 19.2. The lowest BCUT2D eigenvalue weighted by Gasteiger charge is -2.06. The molecule has 102 valence electrons. The normalized spacial score (nSPS) is 11.2. The molecule has 0 amide bonds. The van der Waals surface area contributed by atoms with Crippen LogP contribution in [0.1, 0.15) is 0 Å². The van der Waals surface area contributed by atoms with Crippen molar-refractivity contribution in [2.45, 2.75) is 0 Å². The largest absolute Gasteiger partial charge is 0.398 e. The Hall–Kier alpha value is -2.50. The van der Waals surface area contributed by atoms with Gasteiger partial charge < -0.3 is 10.3 Å². The molecule has 3 rings (SSSR count). The van der Waals surface area contributed by atoms with Crippen molar-refractivity contribution in [2.75, 3.05) is 5.73 Å². The second-order valence-electron chi connectivity index (χ2n) is 4.46. The van der Waals surface area contributed by atoms with Crippen molar-refractivity contribution in [1.82, 2.24) is 9.55 Å². The second kappa shape index (κ2) is 4.26. The van der Waals surface area contributed by atoms with Gasteiger partial charge in [-0.3, -0.25) is 0 Å². The molecule has 2 N–H and O–H groups in total. The molecule has 20 heavy (non-hydrogen) atoms. The van der Waals surface area contributed by atoms with Gasteiger partial charge in [-0.1, -0.05) is 6.07 Å². The quantitative estimate of drug-likeness (QED) is 0.694. The summed E-state index contributed by atoms with van der Waals surface area (Å²) < 4.78 is 41.8. The number of anilines is 1. The molecule has 3 nitrogen and oxygen atoms in total. The van der Waals surface area contributed by atoms with E-state index in [1.165, 1.54) is 6.07 Å². The summed E-state index contributed by atoms with van der Waals surface area (Å²) in [6.45, 7) is 0. The Labute approximate surface area is 112 Å². The molecule has 0 atom stereocenters. The van der Waals surface area contributed by atoms with Crippen LogP contribution in [-0.2, 0) is 7.05 Å². The van der Waals surface area contributed by atoms with Crippen LogP contribution in [0.2, 0.25) is 0 Å². The molecule has 0 radical (unpaired) electrons. The summed E-state index contributed by atoms with van der Waals surface area (Å²) in [4.78, 5) is 4.13. The molecule has 0 spiro atoms. The van der Waals surface area contributed by atoms with Crippen molar-refractivity contribution >= 4 is 16.7 Å². The summed E-state index contributed by atoms with van der Waals surface area (Å²) in [6.07, 6.45) is 0. The van der Waals surface area contributed by atoms with E-state index in [9.17, 15) is 13.2 Å². The van der Waals surface area contributed by atoms with Crippen LogP contribution in [-0.4, -0.2) is 9.55 Å². The van der Waals surface area contributed by atoms with Gasteiger partial charge in [0.05, 0.1) is 5.52 Å². The maximum absolute atomic E-state index is 13.7. The number of aromatic nitrogens is 2. The topological polar surface area (TPSA) is 43.8 Å². The van der Waals surface area contributed by atoms with Crippen molar-refractivity contribution in [1.29, 1.82) is 0 Å². The Morgan fingerprint density at radius 1 is 1.05 bits per heavy atom. The van der Waals surface area contributed by atoms with E-state index in [1.807, 2.05) is 0 Å². The summed E-state index contributed by atoms with van der Waals surface area (Å²) in [5.41, 5.74) is 6.67. The summed E-state index contributed by atoms with van der Waals surface area (Å²) in [5.74, 6) is -2.26. The molecule has 0 aliphatic rings. The van der Waals surface area contributed by atoms with Gasteiger partial charge in [0.1, 0.15) is 11.3 Å². The molecule has 0 saturated carbocycles. The van der Waals surface area contributed by atoms with Crippen LogP contribution in [0.4, 0.5) is 18.9 Å². The third-order valence-electron chi connectivity index (χ3n) is 3.20. The summed E-state index contributed by atoms with van der Waals surface area (Å²) in [5, 5.41) is 0. The molecule has 3 aromatic rings. The van der Waals surface area contributed by atoms with Crippen LogP contribution < -0.4 is 5.73 Å². The summed E-state index contributed by atoms with van der Waals surface area (Å²) in [7, 11) is 1.66. The molecule has 2 aromatic carbocycles. The maximum Gasteiger partial charge on any atom is 0.160 e. The number of nitrogens with two attached hydrogens (primary N) is 1. The molecule has 0 bridgehead atoms. The van der Waals surface area contributed by atoms with Crippen molar-refractivity contribution in [3.8, 4) is 11.4 Å². The lowest BCUT2D eigenvalue weighted by atomic mass is 10.1. The first-order valence-electron chi connectivity index (χ1n) is 5.85. The number of halogens is 3. The van der Waals surface area contributed by atoms with Gasteiger partial charge in [0.2, 0.25) is 0 Å². The smallest absolute Gasteiger partial charge is 0.160 e. The summed E-state index contributed by atoms with van der Waals surface area (Å²) >= 11 is 0. The van der Waals surface area contributed by atoms with Gasteiger partial charge in [-0.05, 0) is 18.2 Å². The van der Waals surface area contributed by atoms with Crippen LogP contribution in [0.5, 0.6) is 0 Å². The Kier molecular flexibility index (Phi) is 2.67. The minimum Gasteiger partial charge on any atom is -0.398 e. The van der Waals surface area contributed by atoms with Gasteiger partial charge in [0.25, 0.3) is 0 Å². The zero-order valence-electron chi connectivity index (χ0n) is 10.5. The van der Waals surface area contributed by atoms with Gasteiger partial charge in [-0.25, -0.2) is 18.2 Å². The first kappa shape index (κ1) is 12.5. The predicted octanol–water partition coefficient (Wildman–Crippen LogP) is 3.24. The van der Waals surface area contributed by atoms with E-state index in [4.69, 9.17) is 5.73 Å². The zero-order chi connectivity index (χ0) is 14.4. The van der Waals surface area contributed by atoms with Crippen LogP contribution in [0.3, 0.4) is 0 Å². The Morgan fingerprint density at radius 2 is 1.75 bits per heavy atom. The first-order valence-corrected chi connectivity index (χ1v) is 5.85. The number of hydrogen-bond donors (Lipinski definition) is 1. The van der Waals surface area contributed by atoms with Crippen molar-refractivity contribution in [3.63, 3.8) is 0 Å². The molecule has 0 aliphatic carbocycles. The molecule has 1 heterocycles. The van der Waals surface area contributed by atoms with Gasteiger partial charge in [0.15, 0.2) is 17.5 Å². The second-order valence-corrected chi connectivity index (χ2v) is 4.46. The molecular formula is C14H10F3N3. The van der Waals surface area contributed by atoms with E-state index in [0.717, 1.165) is 12.1 Å². The Balaban J connectivity index is 2.33. The fourth-order valence-corrected chi connectivity index (χ4v) is 2.18. The van der Waals surface area contributed by atoms with E-state index in [0.29, 0.717) is 5.52 Å². The van der Waals surface area contributed by atoms with Crippen molar-refractivity contribution in [3.05, 3.63) is 47.8 Å². The fourth-order valence-electron chi connectivity index (χ4n) is 2.18. The van der Waals surface area contributed by atoms with Crippen molar-refractivity contribution in [2.24, 2.45) is 7.05 Å². The monoisotopic (exact) mass is 277 g/mol. The number of nitrogen functional groups attached to an aromatic ring is 1. The Bertz CT molecular complexity index is 824. The minimum absolute atomic E-state index is 0.0442. The highest BCUT2D eigenvalue weighted by Gasteiger charge is 2.17. The standard InChI is InChI=1S/C14H10F3N3/c1-20-12-4-2-3-8(15)13(12)19-14(20)7-5-9(16)10(17)6-11(7)18/h2-6H,18H2,1H3. The molecule has 0 aliphatic heterocycles. The molecule has 0 fully saturated rings. The third-order valence-corrected chi connectivity index (χ3v) is 3.20. The van der Waals surface area contributed by atoms with E-state index in [1.54, 1.807) is 23.7 Å². The number of fused-ring (bicyclic) bond motifs is 1. The van der Waals surface area contributed by atoms with E-state index < -0.39 is 17.5 Å². The van der Waals surface area contributed by atoms with Crippen molar-refractivity contribution < 1.29 is 13.2 Å². The molecule has 0 saturated heterocycles. The van der Waals surface area contributed by atoms with Crippen LogP contribution >= 0.6 is 0 Å². The predicted molar refractivity (Wildman–Crippen MR) is 70.4 cm³/mol. The van der Waals surface area contributed by atoms with Gasteiger partial charge in [-0.15, -0.1) is 0 Å². The zero-order valence-corrected chi connectivity index (χ0v) is 10.5. The van der Waals surface area contributed by atoms with E-state index >= 15 is 0 Å². The highest BCUT2D eigenvalue weighted by Crippen LogP contribution is 2.30. The first-order chi connectivity index (χ1) is 9.49. The van der Waals surface area contributed by atoms with Gasteiger partial charge in [0, 0.05) is 24.4 Å². The van der Waals surface area contributed by atoms with Crippen LogP contribution in [0.25, 0.3) is 22.4 Å². The number of rotatable bonds is 1. The molecular weight excluding hydrogens is 267 g/mol. The summed E-state index contributed by atoms with van der Waals surface area (Å²) in [6, 6.07) is 6.38. The SMILES string of the molecule is Cn1c(-c2cc(F)c(F)cc2N)nc2c(F)cccc21. The number of nitrogens with zero attached hydrogens (tertiary/aromatic N) is 2. The fraction of sp³-hybridized carbons (Fsp3) is 0.0714. The van der Waals surface area contributed by atoms with E-state index in [2.05, 4.69) is 4.98 Å². The van der Waals surface area contributed by atoms with Crippen LogP contribution in [0.15, 0.2) is 30.3 Å². The molecule has 0 unspecified atom stereocenters. The number of hydrogen-bond acceptors (Lipinski definition) is 2. The third kappa shape index (κ3) is 1.72. The Morgan fingerprint density at radius 3 is 2.45 bits per heavy atom. The highest BCUT2D eigenvalue weighted by molar-refractivity contribution is 5.83. The average molecular weight is 277 g/mol. The maximum atomic E-state index is 13.7. The number of para-hydroxylation sites is 1. The van der Waals surface area contributed by atoms with E-state index in [-0.39, 0.29) is 22.6 Å². The number of imidazole rings is 1. The lowest BCUT2D eigenvalue weighted by molar-refractivity contribution is 0.509. The molecule has 6 heteroatoms. The lowest BCUT2D eigenvalue weighted by Crippen LogP contribution is -1.99. The van der Waals surface area contributed by atoms with Crippen LogP contribution in [0, 0.1) is 17.5 Å². The number of benzene rings is 2. The molecule has 1 aromatic heterocycles. The minimum atomic E-state index is -1.03.